The number of fused-ring (bicyclic) bond motifs is 1. The van der Waals surface area contributed by atoms with E-state index < -0.39 is 11.4 Å². The van der Waals surface area contributed by atoms with Crippen LogP contribution in [0.5, 0.6) is 0 Å². The number of rotatable bonds is 1. The van der Waals surface area contributed by atoms with Gasteiger partial charge in [-0.25, -0.2) is 4.39 Å². The summed E-state index contributed by atoms with van der Waals surface area (Å²) in [4.78, 5) is 17.9. The molecule has 0 spiro atoms. The number of benzene rings is 1. The number of aliphatic imine (C=N–C) groups is 1. The van der Waals surface area contributed by atoms with Crippen LogP contribution in [0, 0.1) is 11.7 Å². The molecular weight excluding hydrogens is 267 g/mol. The lowest BCUT2D eigenvalue weighted by molar-refractivity contribution is -0.120. The summed E-state index contributed by atoms with van der Waals surface area (Å²) in [6.45, 7) is 0. The van der Waals surface area contributed by atoms with Crippen molar-refractivity contribution in [3.63, 3.8) is 0 Å². The zero-order valence-corrected chi connectivity index (χ0v) is 10.6. The molecule has 0 fully saturated rings. The van der Waals surface area contributed by atoms with Gasteiger partial charge in [0.1, 0.15) is 17.2 Å². The molecule has 0 aromatic heterocycles. The molecule has 1 amide bonds. The average molecular weight is 277 g/mol. The minimum atomic E-state index is -0.597. The van der Waals surface area contributed by atoms with E-state index in [1.807, 2.05) is 6.08 Å². The molecule has 2 unspecified atom stereocenters. The lowest BCUT2D eigenvalue weighted by atomic mass is 9.92. The Balaban J connectivity index is 1.98. The number of allylic oxidation sites excluding steroid dienone is 2. The Kier molecular flexibility index (Phi) is 2.95. The molecule has 0 radical (unpaired) electrons. The summed E-state index contributed by atoms with van der Waals surface area (Å²) < 4.78 is 12.9. The van der Waals surface area contributed by atoms with E-state index >= 15 is 0 Å². The fourth-order valence-electron chi connectivity index (χ4n) is 2.18. The van der Waals surface area contributed by atoms with Crippen LogP contribution in [0.15, 0.2) is 53.2 Å². The Bertz CT molecular complexity index is 606. The van der Waals surface area contributed by atoms with Gasteiger partial charge in [-0.05, 0) is 42.0 Å². The normalized spacial score (nSPS) is 25.3. The first kappa shape index (κ1) is 12.1. The number of hydrogen-bond acceptors (Lipinski definition) is 2. The van der Waals surface area contributed by atoms with E-state index in [2.05, 4.69) is 4.99 Å². The fourth-order valence-corrected chi connectivity index (χ4v) is 2.50. The molecule has 0 aliphatic carbocycles. The van der Waals surface area contributed by atoms with E-state index in [0.29, 0.717) is 5.69 Å². The van der Waals surface area contributed by atoms with Crippen molar-refractivity contribution in [1.82, 2.24) is 0 Å². The molecule has 1 aromatic carbocycles. The minimum Gasteiger partial charge on any atom is -0.287 e. The number of carbonyl (C=O) groups is 1. The average Bonchev–Trinajstić information content (AvgIpc) is 2.40. The molecule has 2 atom stereocenters. The Morgan fingerprint density at radius 1 is 1.26 bits per heavy atom. The Hall–Kier alpha value is -1.94. The number of dihydropyridines is 1. The van der Waals surface area contributed by atoms with Crippen LogP contribution >= 0.6 is 11.6 Å². The third kappa shape index (κ3) is 2.08. The van der Waals surface area contributed by atoms with E-state index in [9.17, 15) is 9.18 Å². The Morgan fingerprint density at radius 3 is 2.74 bits per heavy atom. The van der Waals surface area contributed by atoms with Crippen molar-refractivity contribution in [2.24, 2.45) is 10.9 Å². The summed E-state index contributed by atoms with van der Waals surface area (Å²) in [7, 11) is 0. The molecular formula is C14H10ClFN2O. The summed E-state index contributed by atoms with van der Waals surface area (Å²) >= 11 is 6.08. The van der Waals surface area contributed by atoms with E-state index in [0.717, 1.165) is 5.57 Å². The predicted molar refractivity (Wildman–Crippen MR) is 72.7 cm³/mol. The largest absolute Gasteiger partial charge is 0.287 e. The molecule has 2 aliphatic heterocycles. The number of anilines is 1. The van der Waals surface area contributed by atoms with Crippen molar-refractivity contribution in [2.75, 3.05) is 4.90 Å². The molecule has 5 heteroatoms. The van der Waals surface area contributed by atoms with Crippen molar-refractivity contribution in [2.45, 2.75) is 5.50 Å². The van der Waals surface area contributed by atoms with Gasteiger partial charge in [0, 0.05) is 18.1 Å². The molecule has 0 saturated heterocycles. The zero-order chi connectivity index (χ0) is 13.4. The number of nitrogens with zero attached hydrogens (tertiary/aromatic N) is 2. The zero-order valence-electron chi connectivity index (χ0n) is 9.83. The SMILES string of the molecule is O=C1C2C(=CC=NC2Cl)C=CN1c1ccc(F)cc1. The van der Waals surface area contributed by atoms with Gasteiger partial charge in [0.15, 0.2) is 0 Å². The Labute approximate surface area is 114 Å². The summed E-state index contributed by atoms with van der Waals surface area (Å²) in [6.07, 6.45) is 6.88. The van der Waals surface area contributed by atoms with Crippen LogP contribution in [-0.4, -0.2) is 17.6 Å². The molecule has 0 N–H and O–H groups in total. The van der Waals surface area contributed by atoms with Crippen molar-refractivity contribution >= 4 is 29.4 Å². The first-order chi connectivity index (χ1) is 9.16. The first-order valence-corrected chi connectivity index (χ1v) is 6.25. The van der Waals surface area contributed by atoms with Crippen LogP contribution in [-0.2, 0) is 4.79 Å². The summed E-state index contributed by atoms with van der Waals surface area (Å²) in [5, 5.41) is 0. The van der Waals surface area contributed by atoms with Gasteiger partial charge in [-0.3, -0.25) is 14.7 Å². The van der Waals surface area contributed by atoms with Gasteiger partial charge in [-0.2, -0.15) is 0 Å². The standard InChI is InChI=1S/C14H10ClFN2O/c15-13-12-9(5-7-17-13)6-8-18(14(12)19)11-3-1-10(16)2-4-11/h1-8,12-13H. The van der Waals surface area contributed by atoms with Gasteiger partial charge < -0.3 is 0 Å². The molecule has 0 saturated carbocycles. The highest BCUT2D eigenvalue weighted by Gasteiger charge is 2.36. The van der Waals surface area contributed by atoms with Crippen molar-refractivity contribution in [3.8, 4) is 0 Å². The van der Waals surface area contributed by atoms with Crippen molar-refractivity contribution < 1.29 is 9.18 Å². The smallest absolute Gasteiger partial charge is 0.242 e. The number of hydrogen-bond donors (Lipinski definition) is 0. The summed E-state index contributed by atoms with van der Waals surface area (Å²) in [5.74, 6) is -0.978. The third-order valence-corrected chi connectivity index (χ3v) is 3.52. The molecule has 3 nitrogen and oxygen atoms in total. The minimum absolute atomic E-state index is 0.155. The molecule has 19 heavy (non-hydrogen) atoms. The van der Waals surface area contributed by atoms with Gasteiger partial charge >= 0.3 is 0 Å². The lowest BCUT2D eigenvalue weighted by Gasteiger charge is -2.31. The summed E-state index contributed by atoms with van der Waals surface area (Å²) in [5.41, 5.74) is 0.860. The fraction of sp³-hybridized carbons (Fsp3) is 0.143. The maximum absolute atomic E-state index is 12.9. The van der Waals surface area contributed by atoms with Gasteiger partial charge in [0.25, 0.3) is 0 Å². The van der Waals surface area contributed by atoms with Crippen LogP contribution in [0.4, 0.5) is 10.1 Å². The van der Waals surface area contributed by atoms with Gasteiger partial charge in [-0.1, -0.05) is 11.6 Å². The van der Waals surface area contributed by atoms with Gasteiger partial charge in [0.2, 0.25) is 5.91 Å². The van der Waals surface area contributed by atoms with Crippen LogP contribution < -0.4 is 4.90 Å². The van der Waals surface area contributed by atoms with Gasteiger partial charge in [-0.15, -0.1) is 0 Å². The first-order valence-electron chi connectivity index (χ1n) is 5.81. The predicted octanol–water partition coefficient (Wildman–Crippen LogP) is 2.88. The van der Waals surface area contributed by atoms with Crippen LogP contribution in [0.25, 0.3) is 0 Å². The molecule has 1 aromatic rings. The second-order valence-electron chi connectivity index (χ2n) is 4.32. The highest BCUT2D eigenvalue weighted by molar-refractivity contribution is 6.24. The van der Waals surface area contributed by atoms with E-state index in [4.69, 9.17) is 11.6 Å². The topological polar surface area (TPSA) is 32.7 Å². The number of halogens is 2. The van der Waals surface area contributed by atoms with Crippen LogP contribution in [0.1, 0.15) is 0 Å². The van der Waals surface area contributed by atoms with Crippen LogP contribution in [0.3, 0.4) is 0 Å². The quantitative estimate of drug-likeness (QED) is 0.573. The van der Waals surface area contributed by atoms with Gasteiger partial charge in [0.05, 0.1) is 0 Å². The molecule has 0 bridgehead atoms. The highest BCUT2D eigenvalue weighted by atomic mass is 35.5. The molecule has 2 aliphatic rings. The highest BCUT2D eigenvalue weighted by Crippen LogP contribution is 2.32. The maximum Gasteiger partial charge on any atom is 0.242 e. The molecule has 96 valence electrons. The van der Waals surface area contributed by atoms with Crippen molar-refractivity contribution in [3.05, 3.63) is 54.0 Å². The maximum atomic E-state index is 12.9. The summed E-state index contributed by atoms with van der Waals surface area (Å²) in [6, 6.07) is 5.75. The lowest BCUT2D eigenvalue weighted by Crippen LogP contribution is -2.40. The third-order valence-electron chi connectivity index (χ3n) is 3.15. The van der Waals surface area contributed by atoms with Crippen LogP contribution in [0.2, 0.25) is 0 Å². The number of amides is 1. The number of carbonyl (C=O) groups excluding carboxylic acids is 1. The second-order valence-corrected chi connectivity index (χ2v) is 4.76. The molecule has 3 rings (SSSR count). The monoisotopic (exact) mass is 276 g/mol. The van der Waals surface area contributed by atoms with Crippen molar-refractivity contribution in [1.29, 1.82) is 0 Å². The molecule has 2 heterocycles. The van der Waals surface area contributed by atoms with E-state index in [1.54, 1.807) is 30.6 Å². The Morgan fingerprint density at radius 2 is 2.00 bits per heavy atom. The second kappa shape index (κ2) is 4.63. The number of alkyl halides is 1. The van der Waals surface area contributed by atoms with E-state index in [-0.39, 0.29) is 11.7 Å². The van der Waals surface area contributed by atoms with E-state index in [1.165, 1.54) is 17.0 Å².